The van der Waals surface area contributed by atoms with Gasteiger partial charge in [0.2, 0.25) is 0 Å². The minimum Gasteiger partial charge on any atom is -0.296 e. The smallest absolute Gasteiger partial charge is 0.174 e. The molecule has 0 fully saturated rings. The number of hydrogen-bond acceptors (Lipinski definition) is 13. The van der Waals surface area contributed by atoms with Crippen molar-refractivity contribution in [2.75, 3.05) is 0 Å². The first kappa shape index (κ1) is 74.8. The number of benzene rings is 10. The van der Waals surface area contributed by atoms with Crippen LogP contribution in [0.1, 0.15) is 127 Å². The average molecular weight is 1460 g/mol. The van der Waals surface area contributed by atoms with Gasteiger partial charge in [-0.05, 0) is 117 Å². The third-order valence-corrected chi connectivity index (χ3v) is 20.1. The summed E-state index contributed by atoms with van der Waals surface area (Å²) in [4.78, 5) is 52.1. The highest BCUT2D eigenvalue weighted by Gasteiger charge is 2.19. The molecule has 0 aliphatic rings. The molecule has 0 N–H and O–H groups in total. The van der Waals surface area contributed by atoms with E-state index in [0.29, 0.717) is 47.1 Å². The van der Waals surface area contributed by atoms with Crippen molar-refractivity contribution in [1.29, 1.82) is 0 Å². The Kier molecular flexibility index (Phi) is 24.6. The van der Waals surface area contributed by atoms with Crippen LogP contribution in [0.5, 0.6) is 0 Å². The Bertz CT molecular complexity index is 5550. The van der Waals surface area contributed by atoms with Gasteiger partial charge in [0.05, 0.1) is 31.8 Å². The van der Waals surface area contributed by atoms with Crippen molar-refractivity contribution < 1.29 is 0 Å². The third-order valence-electron chi connectivity index (χ3n) is 18.3. The Morgan fingerprint density at radius 1 is 0.248 bits per heavy atom. The molecule has 0 unspecified atom stereocenters. The van der Waals surface area contributed by atoms with Crippen LogP contribution < -0.4 is 0 Å². The molecule has 0 radical (unpaired) electrons. The predicted octanol–water partition coefficient (Wildman–Crippen LogP) is 24.7. The maximum atomic E-state index is 4.90. The van der Waals surface area contributed by atoms with E-state index in [2.05, 4.69) is 268 Å². The lowest BCUT2D eigenvalue weighted by Crippen LogP contribution is -2.02. The lowest BCUT2D eigenvalue weighted by molar-refractivity contribution is 0.760. The molecule has 15 heteroatoms. The standard InChI is InChI=1S/C24H21N3.C22H20N2.C20H17N3S2.C16H16N2.C12H13N3/c1-17(2)18-13-15-21(16-14-18)24-26-22(19-9-5-3-6-10-19)25-23(27-24)20-11-7-4-8-12-20;1-16(2)17-12-14-18(15-13-17)22-23-20-10-6-7-11-21(20)24(22)19-8-4-3-5-9-19;1-13(2)14-7-9-15(10-8-14)18-21-19(16-5-3-11-24-16)23-20(22-18)17-6-4-12-25-17;1-12(2)16-17-14-10-6-7-11-15(14)18(16)13-8-4-3-5-9-13;1-9(2)10-3-5-11(6-4-10)12-14-7-13-8-15-12/h3-17H,1-2H3;3-16H,1-2H3;3-13H,1-2H3;3-12H,1-2H3;3-9H,1-2H3. The van der Waals surface area contributed by atoms with Crippen LogP contribution >= 0.6 is 22.7 Å². The van der Waals surface area contributed by atoms with Crippen LogP contribution in [0.2, 0.25) is 0 Å². The Morgan fingerprint density at radius 2 is 0.560 bits per heavy atom. The molecule has 540 valence electrons. The monoisotopic (exact) mass is 1460 g/mol. The zero-order chi connectivity index (χ0) is 75.6. The Hall–Kier alpha value is -12.4. The van der Waals surface area contributed by atoms with E-state index in [0.717, 1.165) is 100 Å². The molecule has 17 aromatic rings. The minimum atomic E-state index is 0.401. The van der Waals surface area contributed by atoms with E-state index in [1.165, 1.54) is 46.1 Å². The lowest BCUT2D eigenvalue weighted by Gasteiger charge is -2.11. The first-order chi connectivity index (χ1) is 53.2. The molecule has 0 spiro atoms. The van der Waals surface area contributed by atoms with Gasteiger partial charge in [-0.3, -0.25) is 9.13 Å². The zero-order valence-corrected chi connectivity index (χ0v) is 64.7. The lowest BCUT2D eigenvalue weighted by atomic mass is 10.0. The summed E-state index contributed by atoms with van der Waals surface area (Å²) in [5.41, 5.74) is 18.1. The number of hydrogen-bond donors (Lipinski definition) is 0. The summed E-state index contributed by atoms with van der Waals surface area (Å²) in [7, 11) is 0. The van der Waals surface area contributed by atoms with Gasteiger partial charge in [-0.25, -0.2) is 54.8 Å². The fourth-order valence-corrected chi connectivity index (χ4v) is 13.6. The molecule has 0 bridgehead atoms. The summed E-state index contributed by atoms with van der Waals surface area (Å²) in [6.07, 6.45) is 3.03. The molecule has 0 aliphatic heterocycles. The number of thiophene rings is 2. The Morgan fingerprint density at radius 3 is 0.936 bits per heavy atom. The second-order valence-electron chi connectivity index (χ2n) is 27.7. The molecule has 13 nitrogen and oxygen atoms in total. The van der Waals surface area contributed by atoms with Crippen LogP contribution in [0.25, 0.3) is 123 Å². The van der Waals surface area contributed by atoms with Crippen LogP contribution in [-0.2, 0) is 0 Å². The molecule has 0 amide bonds. The second-order valence-corrected chi connectivity index (χ2v) is 29.6. The average Bonchev–Trinajstić information content (AvgIpc) is 1.69. The molecule has 109 heavy (non-hydrogen) atoms. The van der Waals surface area contributed by atoms with Gasteiger partial charge in [-0.1, -0.05) is 300 Å². The molecule has 0 saturated heterocycles. The van der Waals surface area contributed by atoms with Gasteiger partial charge < -0.3 is 0 Å². The summed E-state index contributed by atoms with van der Waals surface area (Å²) in [5.74, 6) is 9.57. The summed E-state index contributed by atoms with van der Waals surface area (Å²) >= 11 is 3.29. The number of para-hydroxylation sites is 6. The van der Waals surface area contributed by atoms with Gasteiger partial charge in [-0.15, -0.1) is 22.7 Å². The molecule has 7 heterocycles. The maximum Gasteiger partial charge on any atom is 0.174 e. The van der Waals surface area contributed by atoms with Crippen LogP contribution in [-0.4, -0.2) is 64.0 Å². The molecule has 0 saturated carbocycles. The molecule has 17 rings (SSSR count). The van der Waals surface area contributed by atoms with Gasteiger partial charge in [0.25, 0.3) is 0 Å². The van der Waals surface area contributed by atoms with Crippen LogP contribution in [0.3, 0.4) is 0 Å². The van der Waals surface area contributed by atoms with E-state index in [-0.39, 0.29) is 0 Å². The molecular formula is C94H87N13S2. The van der Waals surface area contributed by atoms with Crippen LogP contribution in [0.15, 0.2) is 315 Å². The Balaban J connectivity index is 0.000000122. The Labute approximate surface area is 647 Å². The summed E-state index contributed by atoms with van der Waals surface area (Å²) < 4.78 is 4.49. The highest BCUT2D eigenvalue weighted by atomic mass is 32.1. The molecule has 0 atom stereocenters. The molecule has 7 aromatic heterocycles. The number of rotatable bonds is 15. The zero-order valence-electron chi connectivity index (χ0n) is 63.0. The van der Waals surface area contributed by atoms with Crippen LogP contribution in [0, 0.1) is 0 Å². The van der Waals surface area contributed by atoms with Gasteiger partial charge in [0, 0.05) is 50.7 Å². The van der Waals surface area contributed by atoms with Gasteiger partial charge in [-0.2, -0.15) is 0 Å². The van der Waals surface area contributed by atoms with E-state index in [4.69, 9.17) is 34.9 Å². The van der Waals surface area contributed by atoms with Crippen molar-refractivity contribution >= 4 is 44.7 Å². The van der Waals surface area contributed by atoms with E-state index >= 15 is 0 Å². The van der Waals surface area contributed by atoms with Gasteiger partial charge in [0.15, 0.2) is 40.8 Å². The maximum absolute atomic E-state index is 4.90. The normalized spacial score (nSPS) is 11.1. The minimum absolute atomic E-state index is 0.401. The van der Waals surface area contributed by atoms with Crippen molar-refractivity contribution in [3.8, 4) is 101 Å². The SMILES string of the molecule is CC(C)c1ccc(-c2nc(-c3ccccc3)nc(-c3ccccc3)n2)cc1.CC(C)c1ccc(-c2nc(-c3cccs3)nc(-c3cccs3)n2)cc1.CC(C)c1ccc(-c2nc3ccccc3n2-c2ccccc2)cc1.CC(C)c1ccc(-c2ncncn2)cc1.CC(C)c1nc2ccccc2n1-c1ccccc1. The summed E-state index contributed by atoms with van der Waals surface area (Å²) in [6.45, 7) is 21.9. The van der Waals surface area contributed by atoms with E-state index < -0.39 is 0 Å². The van der Waals surface area contributed by atoms with E-state index in [9.17, 15) is 0 Å². The quantitative estimate of drug-likeness (QED) is 0.0964. The van der Waals surface area contributed by atoms with Gasteiger partial charge in [0.1, 0.15) is 24.3 Å². The van der Waals surface area contributed by atoms with Crippen molar-refractivity contribution in [3.05, 3.63) is 343 Å². The molecule has 10 aromatic carbocycles. The third kappa shape index (κ3) is 18.7. The summed E-state index contributed by atoms with van der Waals surface area (Å²) in [6, 6.07) is 99.7. The number of aromatic nitrogens is 13. The first-order valence-electron chi connectivity index (χ1n) is 37.0. The van der Waals surface area contributed by atoms with Crippen molar-refractivity contribution in [2.45, 2.75) is 98.8 Å². The number of fused-ring (bicyclic) bond motifs is 2. The van der Waals surface area contributed by atoms with Crippen molar-refractivity contribution in [2.24, 2.45) is 0 Å². The predicted molar refractivity (Wildman–Crippen MR) is 451 cm³/mol. The van der Waals surface area contributed by atoms with E-state index in [1.807, 2.05) is 132 Å². The molecule has 0 aliphatic carbocycles. The van der Waals surface area contributed by atoms with Gasteiger partial charge >= 0.3 is 0 Å². The highest BCUT2D eigenvalue weighted by molar-refractivity contribution is 7.13. The summed E-state index contributed by atoms with van der Waals surface area (Å²) in [5, 5.41) is 4.09. The fraction of sp³-hybridized carbons (Fsp3) is 0.160. The first-order valence-corrected chi connectivity index (χ1v) is 38.7. The van der Waals surface area contributed by atoms with Crippen molar-refractivity contribution in [1.82, 2.24) is 64.0 Å². The number of imidazole rings is 2. The highest BCUT2D eigenvalue weighted by Crippen LogP contribution is 2.34. The van der Waals surface area contributed by atoms with E-state index in [1.54, 1.807) is 22.7 Å². The topological polar surface area (TPSA) is 152 Å². The van der Waals surface area contributed by atoms with Crippen molar-refractivity contribution in [3.63, 3.8) is 0 Å². The molecular weight excluding hydrogens is 1380 g/mol. The fourth-order valence-electron chi connectivity index (χ4n) is 12.3. The van der Waals surface area contributed by atoms with Crippen LogP contribution in [0.4, 0.5) is 0 Å². The second kappa shape index (κ2) is 35.8. The largest absolute Gasteiger partial charge is 0.296 e. The number of nitrogens with zero attached hydrogens (tertiary/aromatic N) is 13.